The fourth-order valence-electron chi connectivity index (χ4n) is 2.96. The van der Waals surface area contributed by atoms with Crippen LogP contribution in [-0.4, -0.2) is 54.2 Å². The first-order valence-corrected chi connectivity index (χ1v) is 7.39. The Bertz CT molecular complexity index is 394. The standard InChI is InChI=1S/C16H24N2O/c19-14-16(6-7-16)13-18-10-8-17(9-11-18)12-15-4-2-1-3-5-15/h1-5,19H,6-14H2. The maximum absolute atomic E-state index is 9.40. The van der Waals surface area contributed by atoms with Crippen LogP contribution in [0, 0.1) is 5.41 Å². The summed E-state index contributed by atoms with van der Waals surface area (Å²) in [6, 6.07) is 10.7. The maximum Gasteiger partial charge on any atom is 0.0499 e. The van der Waals surface area contributed by atoms with Crippen LogP contribution < -0.4 is 0 Å². The summed E-state index contributed by atoms with van der Waals surface area (Å²) in [6.45, 7) is 7.13. The molecule has 1 aliphatic carbocycles. The first-order valence-electron chi connectivity index (χ1n) is 7.39. The Morgan fingerprint density at radius 1 is 0.947 bits per heavy atom. The number of aliphatic hydroxyl groups excluding tert-OH is 1. The molecule has 1 saturated carbocycles. The molecule has 104 valence electrons. The molecular formula is C16H24N2O. The van der Waals surface area contributed by atoms with Gasteiger partial charge >= 0.3 is 0 Å². The molecule has 19 heavy (non-hydrogen) atoms. The monoisotopic (exact) mass is 260 g/mol. The second kappa shape index (κ2) is 5.61. The SMILES string of the molecule is OCC1(CN2CCN(Cc3ccccc3)CC2)CC1. The lowest BCUT2D eigenvalue weighted by atomic mass is 10.1. The van der Waals surface area contributed by atoms with Crippen LogP contribution in [0.2, 0.25) is 0 Å². The van der Waals surface area contributed by atoms with Crippen LogP contribution in [0.5, 0.6) is 0 Å². The summed E-state index contributed by atoms with van der Waals surface area (Å²) in [5.74, 6) is 0. The van der Waals surface area contributed by atoms with Gasteiger partial charge in [-0.2, -0.15) is 0 Å². The largest absolute Gasteiger partial charge is 0.396 e. The van der Waals surface area contributed by atoms with E-state index in [-0.39, 0.29) is 5.41 Å². The third-order valence-corrected chi connectivity index (χ3v) is 4.57. The lowest BCUT2D eigenvalue weighted by Crippen LogP contribution is -2.48. The molecule has 1 aromatic carbocycles. The van der Waals surface area contributed by atoms with Crippen LogP contribution in [0.4, 0.5) is 0 Å². The molecule has 0 radical (unpaired) electrons. The number of benzene rings is 1. The Balaban J connectivity index is 1.45. The van der Waals surface area contributed by atoms with Crippen molar-refractivity contribution in [3.8, 4) is 0 Å². The van der Waals surface area contributed by atoms with E-state index in [1.807, 2.05) is 0 Å². The Morgan fingerprint density at radius 3 is 2.16 bits per heavy atom. The predicted octanol–water partition coefficient (Wildman–Crippen LogP) is 1.58. The van der Waals surface area contributed by atoms with Gasteiger partial charge in [0, 0.05) is 51.3 Å². The molecule has 3 rings (SSSR count). The average Bonchev–Trinajstić information content (AvgIpc) is 3.23. The fourth-order valence-corrected chi connectivity index (χ4v) is 2.96. The maximum atomic E-state index is 9.40. The van der Waals surface area contributed by atoms with Gasteiger partial charge in [-0.1, -0.05) is 30.3 Å². The highest BCUT2D eigenvalue weighted by Crippen LogP contribution is 2.45. The molecule has 1 aliphatic heterocycles. The van der Waals surface area contributed by atoms with Crippen LogP contribution in [0.3, 0.4) is 0 Å². The van der Waals surface area contributed by atoms with E-state index in [2.05, 4.69) is 40.1 Å². The Morgan fingerprint density at radius 2 is 1.58 bits per heavy atom. The van der Waals surface area contributed by atoms with Gasteiger partial charge in [0.15, 0.2) is 0 Å². The van der Waals surface area contributed by atoms with Crippen LogP contribution in [0.1, 0.15) is 18.4 Å². The molecule has 1 N–H and O–H groups in total. The fraction of sp³-hybridized carbons (Fsp3) is 0.625. The molecule has 1 aromatic rings. The number of hydrogen-bond donors (Lipinski definition) is 1. The average molecular weight is 260 g/mol. The molecule has 0 spiro atoms. The highest BCUT2D eigenvalue weighted by molar-refractivity contribution is 5.14. The summed E-state index contributed by atoms with van der Waals surface area (Å²) in [6.07, 6.45) is 2.43. The van der Waals surface area contributed by atoms with Crippen molar-refractivity contribution in [2.75, 3.05) is 39.3 Å². The van der Waals surface area contributed by atoms with Crippen LogP contribution in [-0.2, 0) is 6.54 Å². The van der Waals surface area contributed by atoms with Gasteiger partial charge in [0.1, 0.15) is 0 Å². The second-order valence-electron chi connectivity index (χ2n) is 6.20. The normalized spacial score (nSPS) is 23.4. The van der Waals surface area contributed by atoms with Crippen molar-refractivity contribution in [2.45, 2.75) is 19.4 Å². The zero-order chi connectivity index (χ0) is 13.1. The number of aliphatic hydroxyl groups is 1. The summed E-state index contributed by atoms with van der Waals surface area (Å²) in [4.78, 5) is 5.06. The quantitative estimate of drug-likeness (QED) is 0.870. The van der Waals surface area contributed by atoms with E-state index in [4.69, 9.17) is 0 Å². The van der Waals surface area contributed by atoms with Crippen molar-refractivity contribution in [1.29, 1.82) is 0 Å². The Labute approximate surface area is 115 Å². The van der Waals surface area contributed by atoms with E-state index in [0.717, 1.165) is 39.3 Å². The van der Waals surface area contributed by atoms with Crippen molar-refractivity contribution in [2.24, 2.45) is 5.41 Å². The van der Waals surface area contributed by atoms with E-state index in [9.17, 15) is 5.11 Å². The molecule has 2 aliphatic rings. The van der Waals surface area contributed by atoms with E-state index in [1.165, 1.54) is 18.4 Å². The van der Waals surface area contributed by atoms with Gasteiger partial charge in [0.05, 0.1) is 0 Å². The summed E-state index contributed by atoms with van der Waals surface area (Å²) in [5.41, 5.74) is 1.67. The highest BCUT2D eigenvalue weighted by Gasteiger charge is 2.43. The first-order chi connectivity index (χ1) is 9.30. The molecule has 3 nitrogen and oxygen atoms in total. The van der Waals surface area contributed by atoms with E-state index in [1.54, 1.807) is 0 Å². The van der Waals surface area contributed by atoms with Crippen LogP contribution in [0.15, 0.2) is 30.3 Å². The summed E-state index contributed by atoms with van der Waals surface area (Å²) in [5, 5.41) is 9.40. The Hall–Kier alpha value is -0.900. The summed E-state index contributed by atoms with van der Waals surface area (Å²) < 4.78 is 0. The van der Waals surface area contributed by atoms with Gasteiger partial charge < -0.3 is 10.0 Å². The molecule has 0 atom stereocenters. The van der Waals surface area contributed by atoms with E-state index < -0.39 is 0 Å². The molecule has 0 aromatic heterocycles. The molecule has 0 amide bonds. The van der Waals surface area contributed by atoms with Gasteiger partial charge in [0.2, 0.25) is 0 Å². The molecule has 2 fully saturated rings. The van der Waals surface area contributed by atoms with Crippen molar-refractivity contribution >= 4 is 0 Å². The molecule has 1 heterocycles. The molecule has 3 heteroatoms. The second-order valence-corrected chi connectivity index (χ2v) is 6.20. The van der Waals surface area contributed by atoms with Crippen LogP contribution in [0.25, 0.3) is 0 Å². The number of piperazine rings is 1. The minimum absolute atomic E-state index is 0.265. The first kappa shape index (κ1) is 13.1. The van der Waals surface area contributed by atoms with Gasteiger partial charge in [0.25, 0.3) is 0 Å². The molecule has 1 saturated heterocycles. The zero-order valence-electron chi connectivity index (χ0n) is 11.6. The number of hydrogen-bond acceptors (Lipinski definition) is 3. The van der Waals surface area contributed by atoms with Gasteiger partial charge in [-0.05, 0) is 18.4 Å². The van der Waals surface area contributed by atoms with Crippen molar-refractivity contribution in [1.82, 2.24) is 9.80 Å². The summed E-state index contributed by atoms with van der Waals surface area (Å²) >= 11 is 0. The van der Waals surface area contributed by atoms with Gasteiger partial charge in [-0.25, -0.2) is 0 Å². The lowest BCUT2D eigenvalue weighted by molar-refractivity contribution is 0.0894. The van der Waals surface area contributed by atoms with Gasteiger partial charge in [-0.15, -0.1) is 0 Å². The van der Waals surface area contributed by atoms with Gasteiger partial charge in [-0.3, -0.25) is 4.90 Å². The zero-order valence-corrected chi connectivity index (χ0v) is 11.6. The minimum Gasteiger partial charge on any atom is -0.396 e. The van der Waals surface area contributed by atoms with E-state index >= 15 is 0 Å². The third-order valence-electron chi connectivity index (χ3n) is 4.57. The molecule has 0 unspecified atom stereocenters. The van der Waals surface area contributed by atoms with Crippen molar-refractivity contribution < 1.29 is 5.11 Å². The van der Waals surface area contributed by atoms with Crippen LogP contribution >= 0.6 is 0 Å². The minimum atomic E-state index is 0.265. The highest BCUT2D eigenvalue weighted by atomic mass is 16.3. The van der Waals surface area contributed by atoms with E-state index in [0.29, 0.717) is 6.61 Å². The number of nitrogens with zero attached hydrogens (tertiary/aromatic N) is 2. The predicted molar refractivity (Wildman–Crippen MR) is 76.9 cm³/mol. The molecular weight excluding hydrogens is 236 g/mol. The topological polar surface area (TPSA) is 26.7 Å². The Kier molecular flexibility index (Phi) is 3.87. The molecule has 0 bridgehead atoms. The smallest absolute Gasteiger partial charge is 0.0499 e. The lowest BCUT2D eigenvalue weighted by Gasteiger charge is -2.36. The van der Waals surface area contributed by atoms with Crippen molar-refractivity contribution in [3.63, 3.8) is 0 Å². The number of rotatable bonds is 5. The summed E-state index contributed by atoms with van der Waals surface area (Å²) in [7, 11) is 0. The van der Waals surface area contributed by atoms with Crippen molar-refractivity contribution in [3.05, 3.63) is 35.9 Å². The third kappa shape index (κ3) is 3.35.